The van der Waals surface area contributed by atoms with E-state index in [0.29, 0.717) is 18.1 Å². The van der Waals surface area contributed by atoms with Crippen LogP contribution in [0.2, 0.25) is 0 Å². The standard InChI is InChI=1S/C17H29NO2/c1-12-6-15(9-17(3,4)8-12)19-11-14-7-16(10-18-5)20-13(14)2/h7,12,15,18H,6,8-11H2,1-5H3. The molecular formula is C17H29NO2. The van der Waals surface area contributed by atoms with E-state index in [1.165, 1.54) is 18.4 Å². The van der Waals surface area contributed by atoms with Crippen LogP contribution in [0.5, 0.6) is 0 Å². The highest BCUT2D eigenvalue weighted by Crippen LogP contribution is 2.40. The molecular weight excluding hydrogens is 250 g/mol. The highest BCUT2D eigenvalue weighted by molar-refractivity contribution is 5.20. The van der Waals surface area contributed by atoms with Gasteiger partial charge in [-0.25, -0.2) is 0 Å². The average molecular weight is 279 g/mol. The summed E-state index contributed by atoms with van der Waals surface area (Å²) in [6.45, 7) is 10.5. The first-order valence-electron chi connectivity index (χ1n) is 7.74. The molecule has 0 amide bonds. The van der Waals surface area contributed by atoms with Crippen molar-refractivity contribution in [3.63, 3.8) is 0 Å². The molecule has 2 unspecified atom stereocenters. The summed E-state index contributed by atoms with van der Waals surface area (Å²) >= 11 is 0. The van der Waals surface area contributed by atoms with E-state index in [2.05, 4.69) is 32.2 Å². The van der Waals surface area contributed by atoms with Gasteiger partial charge in [0.25, 0.3) is 0 Å². The van der Waals surface area contributed by atoms with Crippen LogP contribution >= 0.6 is 0 Å². The Bertz CT molecular complexity index is 436. The van der Waals surface area contributed by atoms with Crippen molar-refractivity contribution in [3.8, 4) is 0 Å². The number of nitrogens with one attached hydrogen (secondary N) is 1. The molecule has 1 heterocycles. The number of aryl methyl sites for hydroxylation is 1. The third-order valence-electron chi connectivity index (χ3n) is 4.24. The van der Waals surface area contributed by atoms with Crippen LogP contribution in [0.1, 0.15) is 57.1 Å². The Morgan fingerprint density at radius 1 is 1.40 bits per heavy atom. The molecule has 0 saturated heterocycles. The molecule has 3 nitrogen and oxygen atoms in total. The zero-order valence-electron chi connectivity index (χ0n) is 13.6. The van der Waals surface area contributed by atoms with E-state index in [0.717, 1.165) is 30.4 Å². The van der Waals surface area contributed by atoms with Gasteiger partial charge in [0, 0.05) is 5.56 Å². The molecule has 1 aromatic heterocycles. The molecule has 0 spiro atoms. The summed E-state index contributed by atoms with van der Waals surface area (Å²) in [4.78, 5) is 0. The highest BCUT2D eigenvalue weighted by atomic mass is 16.5. The van der Waals surface area contributed by atoms with Gasteiger partial charge in [0.15, 0.2) is 0 Å². The van der Waals surface area contributed by atoms with E-state index in [4.69, 9.17) is 9.15 Å². The number of hydrogen-bond acceptors (Lipinski definition) is 3. The Labute approximate surface area is 123 Å². The fourth-order valence-corrected chi connectivity index (χ4v) is 3.59. The first kappa shape index (κ1) is 15.6. The van der Waals surface area contributed by atoms with Crippen LogP contribution in [0, 0.1) is 18.3 Å². The van der Waals surface area contributed by atoms with Crippen LogP contribution in [0.4, 0.5) is 0 Å². The smallest absolute Gasteiger partial charge is 0.118 e. The van der Waals surface area contributed by atoms with Crippen LogP contribution < -0.4 is 5.32 Å². The SMILES string of the molecule is CNCc1cc(COC2CC(C)CC(C)(C)C2)c(C)o1. The molecule has 1 saturated carbocycles. The third kappa shape index (κ3) is 4.10. The number of ether oxygens (including phenoxy) is 1. The molecule has 1 N–H and O–H groups in total. The van der Waals surface area contributed by atoms with Crippen LogP contribution in [0.15, 0.2) is 10.5 Å². The summed E-state index contributed by atoms with van der Waals surface area (Å²) in [7, 11) is 1.93. The molecule has 20 heavy (non-hydrogen) atoms. The molecule has 1 aliphatic carbocycles. The van der Waals surface area contributed by atoms with E-state index in [1.807, 2.05) is 14.0 Å². The lowest BCUT2D eigenvalue weighted by Gasteiger charge is -2.38. The lowest BCUT2D eigenvalue weighted by atomic mass is 9.71. The molecule has 1 fully saturated rings. The second-order valence-corrected chi connectivity index (χ2v) is 7.17. The molecule has 2 atom stereocenters. The summed E-state index contributed by atoms with van der Waals surface area (Å²) in [6, 6.07) is 2.11. The summed E-state index contributed by atoms with van der Waals surface area (Å²) in [5, 5.41) is 3.11. The third-order valence-corrected chi connectivity index (χ3v) is 4.24. The maximum absolute atomic E-state index is 6.17. The molecule has 0 aromatic carbocycles. The molecule has 1 aliphatic rings. The Morgan fingerprint density at radius 2 is 2.15 bits per heavy atom. The van der Waals surface area contributed by atoms with Crippen LogP contribution in [0.3, 0.4) is 0 Å². The van der Waals surface area contributed by atoms with E-state index < -0.39 is 0 Å². The van der Waals surface area contributed by atoms with Crippen molar-refractivity contribution >= 4 is 0 Å². The van der Waals surface area contributed by atoms with Gasteiger partial charge in [0.05, 0.1) is 19.3 Å². The van der Waals surface area contributed by atoms with Gasteiger partial charge in [0.1, 0.15) is 11.5 Å². The van der Waals surface area contributed by atoms with E-state index >= 15 is 0 Å². The minimum Gasteiger partial charge on any atom is -0.465 e. The number of hydrogen-bond donors (Lipinski definition) is 1. The van der Waals surface area contributed by atoms with Crippen molar-refractivity contribution < 1.29 is 9.15 Å². The zero-order valence-corrected chi connectivity index (χ0v) is 13.6. The van der Waals surface area contributed by atoms with Gasteiger partial charge < -0.3 is 14.5 Å². The predicted octanol–water partition coefficient (Wildman–Crippen LogP) is 4.04. The zero-order chi connectivity index (χ0) is 14.8. The van der Waals surface area contributed by atoms with Gasteiger partial charge in [-0.1, -0.05) is 20.8 Å². The predicted molar refractivity (Wildman–Crippen MR) is 81.6 cm³/mol. The molecule has 0 aliphatic heterocycles. The summed E-state index contributed by atoms with van der Waals surface area (Å²) in [5.74, 6) is 2.73. The molecule has 0 radical (unpaired) electrons. The maximum Gasteiger partial charge on any atom is 0.118 e. The maximum atomic E-state index is 6.17. The normalized spacial score (nSPS) is 25.9. The largest absolute Gasteiger partial charge is 0.465 e. The summed E-state index contributed by atoms with van der Waals surface area (Å²) in [6.07, 6.45) is 4.04. The summed E-state index contributed by atoms with van der Waals surface area (Å²) < 4.78 is 11.9. The first-order chi connectivity index (χ1) is 9.39. The molecule has 1 aromatic rings. The second-order valence-electron chi connectivity index (χ2n) is 7.17. The first-order valence-corrected chi connectivity index (χ1v) is 7.74. The van der Waals surface area contributed by atoms with Crippen molar-refractivity contribution in [3.05, 3.63) is 23.2 Å². The van der Waals surface area contributed by atoms with Gasteiger partial charge in [-0.3, -0.25) is 0 Å². The van der Waals surface area contributed by atoms with Crippen LogP contribution in [-0.2, 0) is 17.9 Å². The van der Waals surface area contributed by atoms with Gasteiger partial charge >= 0.3 is 0 Å². The highest BCUT2D eigenvalue weighted by Gasteiger charge is 2.32. The van der Waals surface area contributed by atoms with Gasteiger partial charge in [-0.15, -0.1) is 0 Å². The van der Waals surface area contributed by atoms with E-state index in [9.17, 15) is 0 Å². The Kier molecular flexibility index (Phi) is 4.92. The number of rotatable bonds is 5. The fourth-order valence-electron chi connectivity index (χ4n) is 3.59. The Morgan fingerprint density at radius 3 is 2.80 bits per heavy atom. The Hall–Kier alpha value is -0.800. The summed E-state index contributed by atoms with van der Waals surface area (Å²) in [5.41, 5.74) is 1.59. The average Bonchev–Trinajstić information content (AvgIpc) is 2.65. The van der Waals surface area contributed by atoms with Crippen molar-refractivity contribution in [2.45, 2.75) is 66.2 Å². The molecule has 0 bridgehead atoms. The van der Waals surface area contributed by atoms with Gasteiger partial charge in [-0.05, 0) is 50.6 Å². The minimum atomic E-state index is 0.385. The van der Waals surface area contributed by atoms with Crippen molar-refractivity contribution in [2.24, 2.45) is 11.3 Å². The Balaban J connectivity index is 1.91. The van der Waals surface area contributed by atoms with Gasteiger partial charge in [0.2, 0.25) is 0 Å². The second kappa shape index (κ2) is 6.31. The van der Waals surface area contributed by atoms with E-state index in [-0.39, 0.29) is 0 Å². The number of furan rings is 1. The van der Waals surface area contributed by atoms with Crippen LogP contribution in [0.25, 0.3) is 0 Å². The van der Waals surface area contributed by atoms with Crippen molar-refractivity contribution in [2.75, 3.05) is 7.05 Å². The topological polar surface area (TPSA) is 34.4 Å². The van der Waals surface area contributed by atoms with Crippen molar-refractivity contribution in [1.29, 1.82) is 0 Å². The molecule has 3 heteroatoms. The van der Waals surface area contributed by atoms with Gasteiger partial charge in [-0.2, -0.15) is 0 Å². The molecule has 2 rings (SSSR count). The monoisotopic (exact) mass is 279 g/mol. The molecule has 114 valence electrons. The van der Waals surface area contributed by atoms with Crippen molar-refractivity contribution in [1.82, 2.24) is 5.32 Å². The fraction of sp³-hybridized carbons (Fsp3) is 0.765. The lowest BCUT2D eigenvalue weighted by Crippen LogP contribution is -2.32. The van der Waals surface area contributed by atoms with Crippen LogP contribution in [-0.4, -0.2) is 13.2 Å². The quantitative estimate of drug-likeness (QED) is 0.883. The minimum absolute atomic E-state index is 0.385. The lowest BCUT2D eigenvalue weighted by molar-refractivity contribution is -0.0319. The van der Waals surface area contributed by atoms with E-state index in [1.54, 1.807) is 0 Å².